The number of halogens is 1. The van der Waals surface area contributed by atoms with Crippen LogP contribution in [0.1, 0.15) is 11.4 Å². The minimum Gasteiger partial charge on any atom is -0.295 e. The molecule has 90 valence electrons. The highest BCUT2D eigenvalue weighted by Crippen LogP contribution is 2.20. The summed E-state index contributed by atoms with van der Waals surface area (Å²) >= 11 is 3.43. The first-order chi connectivity index (χ1) is 7.99. The molecular weight excluding hydrogens is 288 g/mol. The summed E-state index contributed by atoms with van der Waals surface area (Å²) in [6.45, 7) is 2.23. The number of hydrogen-bond donors (Lipinski definition) is 1. The highest BCUT2D eigenvalue weighted by molar-refractivity contribution is 9.10. The summed E-state index contributed by atoms with van der Waals surface area (Å²) in [5, 5.41) is 4.24. The van der Waals surface area contributed by atoms with Gasteiger partial charge in [-0.2, -0.15) is 5.10 Å². The number of aromatic nitrogens is 4. The van der Waals surface area contributed by atoms with Crippen molar-refractivity contribution < 1.29 is 0 Å². The van der Waals surface area contributed by atoms with E-state index in [1.807, 2.05) is 14.0 Å². The summed E-state index contributed by atoms with van der Waals surface area (Å²) in [6, 6.07) is 1.32. The summed E-state index contributed by atoms with van der Waals surface area (Å²) in [7, 11) is 1.81. The Kier molecular flexibility index (Phi) is 3.01. The SMILES string of the molecule is Cc1nn(C)c(Cn2ccc(=O)[nH]c2=O)c1Br. The Morgan fingerprint density at radius 3 is 2.71 bits per heavy atom. The molecule has 0 saturated heterocycles. The molecule has 0 aromatic carbocycles. The van der Waals surface area contributed by atoms with E-state index in [9.17, 15) is 9.59 Å². The molecule has 0 spiro atoms. The zero-order chi connectivity index (χ0) is 12.6. The van der Waals surface area contributed by atoms with Gasteiger partial charge in [0, 0.05) is 19.3 Å². The van der Waals surface area contributed by atoms with Crippen LogP contribution in [0, 0.1) is 6.92 Å². The number of aromatic amines is 1. The van der Waals surface area contributed by atoms with Crippen LogP contribution in [0.25, 0.3) is 0 Å². The normalized spacial score (nSPS) is 10.8. The van der Waals surface area contributed by atoms with Gasteiger partial charge in [-0.1, -0.05) is 0 Å². The van der Waals surface area contributed by atoms with Crippen molar-refractivity contribution >= 4 is 15.9 Å². The van der Waals surface area contributed by atoms with Crippen molar-refractivity contribution in [2.24, 2.45) is 7.05 Å². The average Bonchev–Trinajstić information content (AvgIpc) is 2.48. The second-order valence-corrected chi connectivity index (χ2v) is 4.50. The van der Waals surface area contributed by atoms with Crippen LogP contribution in [0.15, 0.2) is 26.3 Å². The van der Waals surface area contributed by atoms with E-state index in [2.05, 4.69) is 26.0 Å². The second kappa shape index (κ2) is 4.33. The molecule has 2 aromatic rings. The van der Waals surface area contributed by atoms with Crippen LogP contribution in [-0.2, 0) is 13.6 Å². The molecule has 0 amide bonds. The van der Waals surface area contributed by atoms with Crippen LogP contribution in [0.3, 0.4) is 0 Å². The Hall–Kier alpha value is -1.63. The maximum Gasteiger partial charge on any atom is 0.328 e. The third-order valence-corrected chi connectivity index (χ3v) is 3.51. The standard InChI is InChI=1S/C10H11BrN4O2/c1-6-9(11)7(14(2)13-6)5-15-4-3-8(16)12-10(15)17/h3-4H,5H2,1-2H3,(H,12,16,17). The van der Waals surface area contributed by atoms with Gasteiger partial charge in [-0.25, -0.2) is 4.79 Å². The van der Waals surface area contributed by atoms with Crippen molar-refractivity contribution in [2.45, 2.75) is 13.5 Å². The average molecular weight is 299 g/mol. The van der Waals surface area contributed by atoms with Crippen LogP contribution in [0.5, 0.6) is 0 Å². The smallest absolute Gasteiger partial charge is 0.295 e. The molecule has 2 heterocycles. The van der Waals surface area contributed by atoms with E-state index in [4.69, 9.17) is 0 Å². The summed E-state index contributed by atoms with van der Waals surface area (Å²) in [5.74, 6) is 0. The molecular formula is C10H11BrN4O2. The molecule has 0 atom stereocenters. The van der Waals surface area contributed by atoms with Crippen molar-refractivity contribution in [3.05, 3.63) is 49.0 Å². The Labute approximate surface area is 105 Å². The summed E-state index contributed by atoms with van der Waals surface area (Å²) in [5.41, 5.74) is 0.909. The van der Waals surface area contributed by atoms with Gasteiger partial charge in [0.25, 0.3) is 5.56 Å². The number of nitrogens with one attached hydrogen (secondary N) is 1. The molecule has 0 aliphatic heterocycles. The van der Waals surface area contributed by atoms with Crippen LogP contribution in [0.4, 0.5) is 0 Å². The zero-order valence-corrected chi connectivity index (χ0v) is 11.0. The fourth-order valence-electron chi connectivity index (χ4n) is 1.58. The van der Waals surface area contributed by atoms with Crippen molar-refractivity contribution in [3.8, 4) is 0 Å². The van der Waals surface area contributed by atoms with E-state index >= 15 is 0 Å². The fourth-order valence-corrected chi connectivity index (χ4v) is 2.04. The predicted octanol–water partition coefficient (Wildman–Crippen LogP) is 0.389. The summed E-state index contributed by atoms with van der Waals surface area (Å²) < 4.78 is 4.00. The lowest BCUT2D eigenvalue weighted by Gasteiger charge is -2.05. The molecule has 0 unspecified atom stereocenters. The topological polar surface area (TPSA) is 72.7 Å². The number of rotatable bonds is 2. The molecule has 2 aromatic heterocycles. The molecule has 0 radical (unpaired) electrons. The maximum atomic E-state index is 11.5. The molecule has 2 rings (SSSR count). The van der Waals surface area contributed by atoms with E-state index in [1.165, 1.54) is 16.8 Å². The van der Waals surface area contributed by atoms with Gasteiger partial charge in [-0.05, 0) is 22.9 Å². The fraction of sp³-hybridized carbons (Fsp3) is 0.300. The Balaban J connectivity index is 2.45. The van der Waals surface area contributed by atoms with E-state index in [-0.39, 0.29) is 0 Å². The molecule has 0 saturated carbocycles. The van der Waals surface area contributed by atoms with Gasteiger partial charge >= 0.3 is 5.69 Å². The molecule has 6 nitrogen and oxygen atoms in total. The Morgan fingerprint density at radius 2 is 2.18 bits per heavy atom. The molecule has 17 heavy (non-hydrogen) atoms. The lowest BCUT2D eigenvalue weighted by Crippen LogP contribution is -2.29. The largest absolute Gasteiger partial charge is 0.328 e. The number of nitrogens with zero attached hydrogens (tertiary/aromatic N) is 3. The maximum absolute atomic E-state index is 11.5. The van der Waals surface area contributed by atoms with Gasteiger partial charge in [-0.3, -0.25) is 19.0 Å². The van der Waals surface area contributed by atoms with Crippen LogP contribution >= 0.6 is 15.9 Å². The van der Waals surface area contributed by atoms with E-state index < -0.39 is 11.2 Å². The van der Waals surface area contributed by atoms with E-state index in [1.54, 1.807) is 4.68 Å². The van der Waals surface area contributed by atoms with Crippen LogP contribution in [-0.4, -0.2) is 19.3 Å². The highest BCUT2D eigenvalue weighted by Gasteiger charge is 2.11. The first-order valence-corrected chi connectivity index (χ1v) is 5.76. The molecule has 7 heteroatoms. The third-order valence-electron chi connectivity index (χ3n) is 2.48. The number of hydrogen-bond acceptors (Lipinski definition) is 3. The van der Waals surface area contributed by atoms with Gasteiger partial charge in [-0.15, -0.1) is 0 Å². The molecule has 0 bridgehead atoms. The Morgan fingerprint density at radius 1 is 1.47 bits per heavy atom. The monoisotopic (exact) mass is 298 g/mol. The lowest BCUT2D eigenvalue weighted by atomic mass is 10.3. The quantitative estimate of drug-likeness (QED) is 0.872. The molecule has 0 aliphatic rings. The van der Waals surface area contributed by atoms with Crippen molar-refractivity contribution in [1.82, 2.24) is 19.3 Å². The van der Waals surface area contributed by atoms with Gasteiger partial charge in [0.1, 0.15) is 0 Å². The minimum atomic E-state index is -0.428. The zero-order valence-electron chi connectivity index (χ0n) is 9.40. The van der Waals surface area contributed by atoms with Crippen molar-refractivity contribution in [3.63, 3.8) is 0 Å². The van der Waals surface area contributed by atoms with E-state index in [0.29, 0.717) is 6.54 Å². The van der Waals surface area contributed by atoms with Crippen molar-refractivity contribution in [2.75, 3.05) is 0 Å². The highest BCUT2D eigenvalue weighted by atomic mass is 79.9. The predicted molar refractivity (Wildman–Crippen MR) is 66.1 cm³/mol. The summed E-state index contributed by atoms with van der Waals surface area (Å²) in [6.07, 6.45) is 1.47. The lowest BCUT2D eigenvalue weighted by molar-refractivity contribution is 0.637. The molecule has 0 fully saturated rings. The van der Waals surface area contributed by atoms with Crippen LogP contribution < -0.4 is 11.2 Å². The molecule has 0 aliphatic carbocycles. The molecule has 1 N–H and O–H groups in total. The number of aryl methyl sites for hydroxylation is 2. The first-order valence-electron chi connectivity index (χ1n) is 4.97. The van der Waals surface area contributed by atoms with Gasteiger partial charge < -0.3 is 0 Å². The van der Waals surface area contributed by atoms with E-state index in [0.717, 1.165) is 15.9 Å². The number of H-pyrrole nitrogens is 1. The summed E-state index contributed by atoms with van der Waals surface area (Å²) in [4.78, 5) is 24.7. The third kappa shape index (κ3) is 2.23. The second-order valence-electron chi connectivity index (χ2n) is 3.71. The van der Waals surface area contributed by atoms with Gasteiger partial charge in [0.2, 0.25) is 0 Å². The van der Waals surface area contributed by atoms with Gasteiger partial charge in [0.15, 0.2) is 0 Å². The minimum absolute atomic E-state index is 0.355. The Bertz CT molecular complexity index is 668. The van der Waals surface area contributed by atoms with Crippen LogP contribution in [0.2, 0.25) is 0 Å². The van der Waals surface area contributed by atoms with Gasteiger partial charge in [0.05, 0.1) is 22.4 Å². The first kappa shape index (κ1) is 11.8. The van der Waals surface area contributed by atoms with Crippen molar-refractivity contribution in [1.29, 1.82) is 0 Å².